The van der Waals surface area contributed by atoms with Gasteiger partial charge in [0, 0.05) is 24.2 Å². The second kappa shape index (κ2) is 6.68. The number of aryl methyl sites for hydroxylation is 1. The number of aromatic nitrogens is 1. The molecule has 2 aromatic heterocycles. The van der Waals surface area contributed by atoms with Gasteiger partial charge in [0.2, 0.25) is 10.0 Å². The van der Waals surface area contributed by atoms with E-state index in [0.717, 1.165) is 34.9 Å². The maximum Gasteiger partial charge on any atom is 0.263 e. The number of amides is 1. The molecule has 1 N–H and O–H groups in total. The highest BCUT2D eigenvalue weighted by Crippen LogP contribution is 2.27. The van der Waals surface area contributed by atoms with Crippen molar-refractivity contribution in [2.24, 2.45) is 0 Å². The quantitative estimate of drug-likeness (QED) is 0.874. The first kappa shape index (κ1) is 16.6. The van der Waals surface area contributed by atoms with E-state index < -0.39 is 10.0 Å². The molecule has 3 rings (SSSR count). The first-order valence-corrected chi connectivity index (χ1v) is 10.5. The van der Waals surface area contributed by atoms with Gasteiger partial charge in [-0.05, 0) is 31.2 Å². The van der Waals surface area contributed by atoms with Crippen LogP contribution >= 0.6 is 22.7 Å². The van der Waals surface area contributed by atoms with Gasteiger partial charge in [-0.3, -0.25) is 4.79 Å². The van der Waals surface area contributed by atoms with E-state index in [2.05, 4.69) is 10.3 Å². The van der Waals surface area contributed by atoms with Crippen LogP contribution in [0.4, 0.5) is 0 Å². The van der Waals surface area contributed by atoms with E-state index in [1.54, 1.807) is 5.38 Å². The molecule has 0 saturated carbocycles. The molecule has 3 heterocycles. The van der Waals surface area contributed by atoms with Crippen LogP contribution in [-0.2, 0) is 16.6 Å². The van der Waals surface area contributed by atoms with Crippen LogP contribution in [0.3, 0.4) is 0 Å². The van der Waals surface area contributed by atoms with Gasteiger partial charge in [0.1, 0.15) is 14.8 Å². The normalized spacial score (nSPS) is 15.9. The number of carbonyl (C=O) groups excluding carboxylic acids is 1. The molecular weight excluding hydrogens is 354 g/mol. The fourth-order valence-corrected chi connectivity index (χ4v) is 6.00. The van der Waals surface area contributed by atoms with Crippen LogP contribution in [0.1, 0.15) is 33.2 Å². The van der Waals surface area contributed by atoms with Gasteiger partial charge in [-0.25, -0.2) is 13.4 Å². The third-order valence-corrected chi connectivity index (χ3v) is 7.53. The number of hydrogen-bond acceptors (Lipinski definition) is 6. The minimum Gasteiger partial charge on any atom is -0.345 e. The minimum atomic E-state index is -3.58. The number of carbonyl (C=O) groups is 1. The summed E-state index contributed by atoms with van der Waals surface area (Å²) in [6.45, 7) is 3.25. The van der Waals surface area contributed by atoms with Crippen molar-refractivity contribution in [3.63, 3.8) is 0 Å². The monoisotopic (exact) mass is 371 g/mol. The molecule has 0 aliphatic carbocycles. The third-order valence-electron chi connectivity index (χ3n) is 3.58. The maximum atomic E-state index is 12.6. The molecule has 1 aliphatic rings. The maximum absolute atomic E-state index is 12.6. The van der Waals surface area contributed by atoms with Gasteiger partial charge in [0.15, 0.2) is 0 Å². The van der Waals surface area contributed by atoms with E-state index in [1.165, 1.54) is 21.7 Å². The van der Waals surface area contributed by atoms with Crippen LogP contribution in [0.15, 0.2) is 21.7 Å². The first-order valence-electron chi connectivity index (χ1n) is 7.25. The lowest BCUT2D eigenvalue weighted by atomic mass is 10.4. The highest BCUT2D eigenvalue weighted by Gasteiger charge is 2.31. The summed E-state index contributed by atoms with van der Waals surface area (Å²) in [6.07, 6.45) is 1.74. The van der Waals surface area contributed by atoms with Crippen molar-refractivity contribution < 1.29 is 13.2 Å². The van der Waals surface area contributed by atoms with E-state index in [-0.39, 0.29) is 15.7 Å². The summed E-state index contributed by atoms with van der Waals surface area (Å²) < 4.78 is 26.7. The lowest BCUT2D eigenvalue weighted by Gasteiger charge is -2.15. The minimum absolute atomic E-state index is 0.109. The standard InChI is InChI=1S/C14H17N3O3S3/c1-10-9-22-12(16-10)8-15-14(18)13-11(4-7-21-13)23(19,20)17-5-2-3-6-17/h4,7,9H,2-3,5-6,8H2,1H3,(H,15,18). The van der Waals surface area contributed by atoms with Crippen LogP contribution in [0, 0.1) is 6.92 Å². The van der Waals surface area contributed by atoms with Crippen molar-refractivity contribution in [1.29, 1.82) is 0 Å². The summed E-state index contributed by atoms with van der Waals surface area (Å²) >= 11 is 2.62. The Balaban J connectivity index is 1.76. The second-order valence-electron chi connectivity index (χ2n) is 5.29. The molecule has 0 atom stereocenters. The highest BCUT2D eigenvalue weighted by atomic mass is 32.2. The van der Waals surface area contributed by atoms with Crippen molar-refractivity contribution in [2.45, 2.75) is 31.2 Å². The third kappa shape index (κ3) is 3.47. The van der Waals surface area contributed by atoms with Crippen molar-refractivity contribution in [3.05, 3.63) is 32.4 Å². The summed E-state index contributed by atoms with van der Waals surface area (Å²) in [6, 6.07) is 1.51. The molecule has 0 bridgehead atoms. The van der Waals surface area contributed by atoms with Gasteiger partial charge in [-0.1, -0.05) is 0 Å². The van der Waals surface area contributed by atoms with Crippen LogP contribution in [0.5, 0.6) is 0 Å². The largest absolute Gasteiger partial charge is 0.345 e. The van der Waals surface area contributed by atoms with Crippen molar-refractivity contribution in [3.8, 4) is 0 Å². The molecular formula is C14H17N3O3S3. The van der Waals surface area contributed by atoms with Gasteiger partial charge in [0.25, 0.3) is 5.91 Å². The van der Waals surface area contributed by atoms with E-state index >= 15 is 0 Å². The number of nitrogens with zero attached hydrogens (tertiary/aromatic N) is 2. The zero-order chi connectivity index (χ0) is 16.4. The molecule has 1 fully saturated rings. The number of thiazole rings is 1. The summed E-state index contributed by atoms with van der Waals surface area (Å²) in [5, 5.41) is 7.11. The van der Waals surface area contributed by atoms with E-state index in [9.17, 15) is 13.2 Å². The SMILES string of the molecule is Cc1csc(CNC(=O)c2sccc2S(=O)(=O)N2CCCC2)n1. The van der Waals surface area contributed by atoms with E-state index in [1.807, 2.05) is 12.3 Å². The highest BCUT2D eigenvalue weighted by molar-refractivity contribution is 7.89. The molecule has 1 saturated heterocycles. The average Bonchev–Trinajstić information content (AvgIpc) is 3.25. The van der Waals surface area contributed by atoms with Gasteiger partial charge < -0.3 is 5.32 Å². The number of rotatable bonds is 5. The fraction of sp³-hybridized carbons (Fsp3) is 0.429. The van der Waals surface area contributed by atoms with E-state index in [0.29, 0.717) is 19.6 Å². The Kier molecular flexibility index (Phi) is 4.81. The molecule has 6 nitrogen and oxygen atoms in total. The Labute approximate surface area is 143 Å². The summed E-state index contributed by atoms with van der Waals surface area (Å²) in [5.74, 6) is -0.370. The van der Waals surface area contributed by atoms with Gasteiger partial charge >= 0.3 is 0 Å². The molecule has 1 aliphatic heterocycles. The summed E-state index contributed by atoms with van der Waals surface area (Å²) in [5.41, 5.74) is 0.910. The van der Waals surface area contributed by atoms with Crippen molar-refractivity contribution >= 4 is 38.6 Å². The molecule has 0 aromatic carbocycles. The molecule has 0 spiro atoms. The van der Waals surface area contributed by atoms with Crippen LogP contribution in [0.2, 0.25) is 0 Å². The van der Waals surface area contributed by atoms with Crippen LogP contribution in [0.25, 0.3) is 0 Å². The first-order chi connectivity index (χ1) is 11.0. The molecule has 124 valence electrons. The molecule has 0 radical (unpaired) electrons. The molecule has 23 heavy (non-hydrogen) atoms. The average molecular weight is 372 g/mol. The zero-order valence-electron chi connectivity index (χ0n) is 12.6. The number of sulfonamides is 1. The zero-order valence-corrected chi connectivity index (χ0v) is 15.1. The summed E-state index contributed by atoms with van der Waals surface area (Å²) in [7, 11) is -3.58. The smallest absolute Gasteiger partial charge is 0.263 e. The van der Waals surface area contributed by atoms with Gasteiger partial charge in [0.05, 0.1) is 6.54 Å². The van der Waals surface area contributed by atoms with E-state index in [4.69, 9.17) is 0 Å². The Morgan fingerprint density at radius 2 is 2.09 bits per heavy atom. The van der Waals surface area contributed by atoms with Crippen molar-refractivity contribution in [1.82, 2.24) is 14.6 Å². The Bertz CT molecular complexity index is 804. The number of hydrogen-bond donors (Lipinski definition) is 1. The lowest BCUT2D eigenvalue weighted by Crippen LogP contribution is -2.30. The number of thiophene rings is 1. The predicted octanol–water partition coefficient (Wildman–Crippen LogP) is 2.23. The fourth-order valence-electron chi connectivity index (χ4n) is 2.45. The Morgan fingerprint density at radius 1 is 1.35 bits per heavy atom. The van der Waals surface area contributed by atoms with Gasteiger partial charge in [-0.2, -0.15) is 4.31 Å². The van der Waals surface area contributed by atoms with Crippen LogP contribution in [-0.4, -0.2) is 36.7 Å². The van der Waals surface area contributed by atoms with Gasteiger partial charge in [-0.15, -0.1) is 22.7 Å². The molecule has 2 aromatic rings. The predicted molar refractivity (Wildman–Crippen MR) is 90.3 cm³/mol. The summed E-state index contributed by atoms with van der Waals surface area (Å²) in [4.78, 5) is 17.0. The number of nitrogens with one attached hydrogen (secondary N) is 1. The van der Waals surface area contributed by atoms with Crippen molar-refractivity contribution in [2.75, 3.05) is 13.1 Å². The Hall–Kier alpha value is -1.29. The molecule has 9 heteroatoms. The topological polar surface area (TPSA) is 79.4 Å². The molecule has 0 unspecified atom stereocenters. The molecule has 1 amide bonds. The lowest BCUT2D eigenvalue weighted by molar-refractivity contribution is 0.0952. The second-order valence-corrected chi connectivity index (χ2v) is 9.06. The van der Waals surface area contributed by atoms with Crippen LogP contribution < -0.4 is 5.32 Å². The Morgan fingerprint density at radius 3 is 2.74 bits per heavy atom.